The highest BCUT2D eigenvalue weighted by molar-refractivity contribution is 14.1. The van der Waals surface area contributed by atoms with Crippen LogP contribution in [0.3, 0.4) is 0 Å². The number of rotatable bonds is 2. The third-order valence-corrected chi connectivity index (χ3v) is 1.62. The maximum Gasteiger partial charge on any atom is 0.392 e. The lowest BCUT2D eigenvalue weighted by molar-refractivity contribution is -0.131. The van der Waals surface area contributed by atoms with Gasteiger partial charge in [0.25, 0.3) is 0 Å². The summed E-state index contributed by atoms with van der Waals surface area (Å²) in [7, 11) is 0. The van der Waals surface area contributed by atoms with Crippen LogP contribution in [0.1, 0.15) is 6.42 Å². The maximum absolute atomic E-state index is 11.4. The standard InChI is InChI=1S/C5H4F3IO2/c6-5(7,8)2-1-3(9)4(10)11/h1H,2H2,(H,10,11)/b3-1-. The van der Waals surface area contributed by atoms with E-state index in [1.807, 2.05) is 0 Å². The fraction of sp³-hybridized carbons (Fsp3) is 0.400. The van der Waals surface area contributed by atoms with Crippen molar-refractivity contribution in [3.63, 3.8) is 0 Å². The second kappa shape index (κ2) is 3.93. The minimum atomic E-state index is -4.33. The molecule has 0 saturated carbocycles. The summed E-state index contributed by atoms with van der Waals surface area (Å²) < 4.78 is 34.0. The van der Waals surface area contributed by atoms with Crippen molar-refractivity contribution in [1.29, 1.82) is 0 Å². The molecule has 6 heteroatoms. The van der Waals surface area contributed by atoms with E-state index in [1.165, 1.54) is 22.6 Å². The van der Waals surface area contributed by atoms with Gasteiger partial charge in [-0.1, -0.05) is 6.08 Å². The van der Waals surface area contributed by atoms with E-state index in [-0.39, 0.29) is 3.58 Å². The number of hydrogen-bond donors (Lipinski definition) is 1. The first kappa shape index (κ1) is 10.7. The summed E-state index contributed by atoms with van der Waals surface area (Å²) in [5.41, 5.74) is 0. The minimum absolute atomic E-state index is 0.320. The molecule has 0 fully saturated rings. The first-order chi connectivity index (χ1) is 4.83. The van der Waals surface area contributed by atoms with Gasteiger partial charge in [0.2, 0.25) is 0 Å². The van der Waals surface area contributed by atoms with Gasteiger partial charge in [0.1, 0.15) is 0 Å². The molecule has 0 aromatic heterocycles. The van der Waals surface area contributed by atoms with Gasteiger partial charge in [-0.25, -0.2) is 4.79 Å². The summed E-state index contributed by atoms with van der Waals surface area (Å²) >= 11 is 1.33. The fourth-order valence-corrected chi connectivity index (χ4v) is 0.513. The molecule has 0 saturated heterocycles. The lowest BCUT2D eigenvalue weighted by Gasteiger charge is -2.00. The first-order valence-corrected chi connectivity index (χ1v) is 3.56. The molecule has 0 spiro atoms. The molecule has 0 aliphatic rings. The normalized spacial score (nSPS) is 13.3. The summed E-state index contributed by atoms with van der Waals surface area (Å²) in [6.45, 7) is 0. The van der Waals surface area contributed by atoms with Crippen LogP contribution in [0.25, 0.3) is 0 Å². The molecule has 2 nitrogen and oxygen atoms in total. The van der Waals surface area contributed by atoms with Crippen molar-refractivity contribution in [3.05, 3.63) is 9.66 Å². The van der Waals surface area contributed by atoms with E-state index in [0.29, 0.717) is 6.08 Å². The zero-order chi connectivity index (χ0) is 9.07. The first-order valence-electron chi connectivity index (χ1n) is 2.48. The quantitative estimate of drug-likeness (QED) is 0.622. The van der Waals surface area contributed by atoms with E-state index in [4.69, 9.17) is 5.11 Å². The van der Waals surface area contributed by atoms with Gasteiger partial charge < -0.3 is 5.11 Å². The molecule has 0 amide bonds. The Hall–Kier alpha value is -0.270. The highest BCUT2D eigenvalue weighted by atomic mass is 127. The lowest BCUT2D eigenvalue weighted by Crippen LogP contribution is -2.05. The molecule has 0 radical (unpaired) electrons. The molecule has 64 valence electrons. The van der Waals surface area contributed by atoms with Crippen LogP contribution >= 0.6 is 22.6 Å². The van der Waals surface area contributed by atoms with Crippen LogP contribution in [-0.4, -0.2) is 17.3 Å². The highest BCUT2D eigenvalue weighted by Gasteiger charge is 2.25. The average molecular weight is 280 g/mol. The van der Waals surface area contributed by atoms with Crippen LogP contribution in [0, 0.1) is 0 Å². The molecule has 1 N–H and O–H groups in total. The molecule has 0 aliphatic carbocycles. The number of allylic oxidation sites excluding steroid dienone is 1. The summed E-state index contributed by atoms with van der Waals surface area (Å²) in [6.07, 6.45) is -4.90. The van der Waals surface area contributed by atoms with Gasteiger partial charge in [-0.2, -0.15) is 13.2 Å². The van der Waals surface area contributed by atoms with E-state index >= 15 is 0 Å². The Morgan fingerprint density at radius 2 is 2.00 bits per heavy atom. The number of aliphatic carboxylic acids is 1. The van der Waals surface area contributed by atoms with E-state index in [0.717, 1.165) is 0 Å². The summed E-state index contributed by atoms with van der Waals surface area (Å²) in [6, 6.07) is 0. The highest BCUT2D eigenvalue weighted by Crippen LogP contribution is 2.22. The van der Waals surface area contributed by atoms with Crippen molar-refractivity contribution in [2.75, 3.05) is 0 Å². The predicted octanol–water partition coefficient (Wildman–Crippen LogP) is 2.34. The number of carboxylic acid groups (broad SMARTS) is 1. The van der Waals surface area contributed by atoms with Crippen LogP contribution in [0.5, 0.6) is 0 Å². The van der Waals surface area contributed by atoms with E-state index in [9.17, 15) is 18.0 Å². The van der Waals surface area contributed by atoms with E-state index in [2.05, 4.69) is 0 Å². The molecule has 0 rings (SSSR count). The van der Waals surface area contributed by atoms with Crippen molar-refractivity contribution in [2.45, 2.75) is 12.6 Å². The van der Waals surface area contributed by atoms with E-state index in [1.54, 1.807) is 0 Å². The molecule has 0 aliphatic heterocycles. The van der Waals surface area contributed by atoms with Gasteiger partial charge in [-0.15, -0.1) is 0 Å². The molecular weight excluding hydrogens is 276 g/mol. The van der Waals surface area contributed by atoms with Crippen LogP contribution in [0.4, 0.5) is 13.2 Å². The molecule has 0 heterocycles. The molecule has 0 unspecified atom stereocenters. The summed E-state index contributed by atoms with van der Waals surface area (Å²) in [5.74, 6) is -1.34. The maximum atomic E-state index is 11.4. The van der Waals surface area contributed by atoms with Gasteiger partial charge in [0.05, 0.1) is 10.0 Å². The third kappa shape index (κ3) is 6.14. The average Bonchev–Trinajstić information content (AvgIpc) is 1.80. The number of alkyl halides is 3. The topological polar surface area (TPSA) is 37.3 Å². The second-order valence-electron chi connectivity index (χ2n) is 1.68. The van der Waals surface area contributed by atoms with Crippen molar-refractivity contribution in [2.24, 2.45) is 0 Å². The predicted molar refractivity (Wildman–Crippen MR) is 40.4 cm³/mol. The Bertz CT molecular complexity index is 185. The van der Waals surface area contributed by atoms with Gasteiger partial charge >= 0.3 is 12.1 Å². The molecule has 0 atom stereocenters. The summed E-state index contributed by atoms with van der Waals surface area (Å²) in [5, 5.41) is 8.14. The Kier molecular flexibility index (Phi) is 3.84. The van der Waals surface area contributed by atoms with Gasteiger partial charge in [-0.05, 0) is 22.6 Å². The number of carboxylic acids is 1. The van der Waals surface area contributed by atoms with Gasteiger partial charge in [0, 0.05) is 0 Å². The van der Waals surface area contributed by atoms with Crippen molar-refractivity contribution in [3.8, 4) is 0 Å². The Morgan fingerprint density at radius 1 is 1.55 bits per heavy atom. The fourth-order valence-electron chi connectivity index (χ4n) is 0.293. The number of hydrogen-bond acceptors (Lipinski definition) is 1. The SMILES string of the molecule is O=C(O)/C(I)=C/CC(F)(F)F. The van der Waals surface area contributed by atoms with Crippen molar-refractivity contribution in [1.82, 2.24) is 0 Å². The van der Waals surface area contributed by atoms with Crippen LogP contribution in [0.2, 0.25) is 0 Å². The van der Waals surface area contributed by atoms with Crippen molar-refractivity contribution < 1.29 is 23.1 Å². The smallest absolute Gasteiger partial charge is 0.392 e. The van der Waals surface area contributed by atoms with Crippen LogP contribution < -0.4 is 0 Å². The lowest BCUT2D eigenvalue weighted by atomic mass is 10.4. The molecule has 0 aromatic carbocycles. The number of carbonyl (C=O) groups is 1. The Morgan fingerprint density at radius 3 is 2.27 bits per heavy atom. The Balaban J connectivity index is 4.04. The monoisotopic (exact) mass is 280 g/mol. The zero-order valence-corrected chi connectivity index (χ0v) is 7.31. The molecule has 11 heavy (non-hydrogen) atoms. The van der Waals surface area contributed by atoms with Gasteiger partial charge in [-0.3, -0.25) is 0 Å². The molecular formula is C5H4F3IO2. The molecule has 0 aromatic rings. The zero-order valence-electron chi connectivity index (χ0n) is 5.15. The van der Waals surface area contributed by atoms with Crippen LogP contribution in [-0.2, 0) is 4.79 Å². The molecule has 0 bridgehead atoms. The third-order valence-electron chi connectivity index (χ3n) is 0.717. The van der Waals surface area contributed by atoms with Crippen LogP contribution in [0.15, 0.2) is 9.66 Å². The summed E-state index contributed by atoms with van der Waals surface area (Å²) in [4.78, 5) is 9.97. The van der Waals surface area contributed by atoms with Crippen molar-refractivity contribution >= 4 is 28.6 Å². The second-order valence-corrected chi connectivity index (χ2v) is 2.84. The van der Waals surface area contributed by atoms with Gasteiger partial charge in [0.15, 0.2) is 0 Å². The van der Waals surface area contributed by atoms with E-state index < -0.39 is 18.6 Å². The minimum Gasteiger partial charge on any atom is -0.477 e. The Labute approximate surface area is 74.2 Å². The number of halogens is 4. The largest absolute Gasteiger partial charge is 0.477 e.